The van der Waals surface area contributed by atoms with Crippen LogP contribution < -0.4 is 5.32 Å². The lowest BCUT2D eigenvalue weighted by Crippen LogP contribution is -2.46. The molecular formula is C19H23NO3. The molecule has 23 heavy (non-hydrogen) atoms. The highest BCUT2D eigenvalue weighted by Crippen LogP contribution is 2.16. The summed E-state index contributed by atoms with van der Waals surface area (Å²) in [6, 6.07) is 13.4. The number of nitrogens with one attached hydrogen (secondary N) is 1. The molecule has 0 unspecified atom stereocenters. The van der Waals surface area contributed by atoms with Gasteiger partial charge in [-0.2, -0.15) is 0 Å². The Labute approximate surface area is 136 Å². The van der Waals surface area contributed by atoms with E-state index in [0.717, 1.165) is 22.8 Å². The molecule has 0 bridgehead atoms. The Balaban J connectivity index is 2.08. The fraction of sp³-hybridized carbons (Fsp3) is 0.368. The Morgan fingerprint density at radius 2 is 1.83 bits per heavy atom. The van der Waals surface area contributed by atoms with Crippen molar-refractivity contribution in [3.05, 3.63) is 48.0 Å². The lowest BCUT2D eigenvalue weighted by molar-refractivity contribution is -0.146. The van der Waals surface area contributed by atoms with Gasteiger partial charge in [0.25, 0.3) is 0 Å². The third-order valence-corrected chi connectivity index (χ3v) is 4.16. The molecule has 0 saturated heterocycles. The van der Waals surface area contributed by atoms with Crippen molar-refractivity contribution in [2.75, 3.05) is 7.11 Å². The van der Waals surface area contributed by atoms with Gasteiger partial charge in [-0.3, -0.25) is 4.79 Å². The second-order valence-electron chi connectivity index (χ2n) is 5.81. The topological polar surface area (TPSA) is 55.4 Å². The highest BCUT2D eigenvalue weighted by atomic mass is 16.5. The number of carbonyl (C=O) groups is 2. The van der Waals surface area contributed by atoms with E-state index in [2.05, 4.69) is 5.32 Å². The van der Waals surface area contributed by atoms with Crippen molar-refractivity contribution in [1.29, 1.82) is 0 Å². The van der Waals surface area contributed by atoms with Gasteiger partial charge in [0.1, 0.15) is 6.04 Å². The van der Waals surface area contributed by atoms with E-state index in [4.69, 9.17) is 4.74 Å². The molecule has 0 aliphatic carbocycles. The van der Waals surface area contributed by atoms with Crippen molar-refractivity contribution in [2.24, 2.45) is 5.92 Å². The summed E-state index contributed by atoms with van der Waals surface area (Å²) in [6.07, 6.45) is 1.03. The zero-order chi connectivity index (χ0) is 16.8. The van der Waals surface area contributed by atoms with E-state index in [9.17, 15) is 9.59 Å². The number of fused-ring (bicyclic) bond motifs is 1. The number of benzene rings is 2. The molecule has 4 nitrogen and oxygen atoms in total. The van der Waals surface area contributed by atoms with Crippen LogP contribution in [0.1, 0.15) is 25.8 Å². The first kappa shape index (κ1) is 17.0. The molecule has 1 amide bonds. The number of hydrogen-bond acceptors (Lipinski definition) is 3. The predicted octanol–water partition coefficient (Wildman–Crippen LogP) is 3.09. The van der Waals surface area contributed by atoms with Crippen LogP contribution in [0.2, 0.25) is 0 Å². The SMILES string of the molecule is CC[C@@H](C)[C@H](NC(=O)Cc1ccc2ccccc2c1)C(=O)OC. The van der Waals surface area contributed by atoms with Gasteiger partial charge in [0.05, 0.1) is 13.5 Å². The molecule has 0 saturated carbocycles. The molecular weight excluding hydrogens is 290 g/mol. The normalized spacial score (nSPS) is 13.3. The Hall–Kier alpha value is -2.36. The Kier molecular flexibility index (Phi) is 5.74. The molecule has 0 heterocycles. The average Bonchev–Trinajstić information content (AvgIpc) is 2.58. The van der Waals surface area contributed by atoms with Crippen LogP contribution in [0.15, 0.2) is 42.5 Å². The summed E-state index contributed by atoms with van der Waals surface area (Å²) in [4.78, 5) is 24.1. The van der Waals surface area contributed by atoms with Gasteiger partial charge >= 0.3 is 5.97 Å². The van der Waals surface area contributed by atoms with Crippen LogP contribution in [-0.4, -0.2) is 25.0 Å². The van der Waals surface area contributed by atoms with Gasteiger partial charge < -0.3 is 10.1 Å². The molecule has 0 spiro atoms. The van der Waals surface area contributed by atoms with Crippen molar-refractivity contribution >= 4 is 22.6 Å². The number of hydrogen-bond donors (Lipinski definition) is 1. The fourth-order valence-electron chi connectivity index (χ4n) is 2.55. The summed E-state index contributed by atoms with van der Waals surface area (Å²) in [6.45, 7) is 3.91. The molecule has 4 heteroatoms. The standard InChI is InChI=1S/C19H23NO3/c1-4-13(2)18(19(22)23-3)20-17(21)12-14-9-10-15-7-5-6-8-16(15)11-14/h5-11,13,18H,4,12H2,1-3H3,(H,20,21)/t13-,18+/m1/s1. The summed E-state index contributed by atoms with van der Waals surface area (Å²) in [5.41, 5.74) is 0.925. The van der Waals surface area contributed by atoms with Crippen LogP contribution in [0.5, 0.6) is 0 Å². The first-order chi connectivity index (χ1) is 11.0. The van der Waals surface area contributed by atoms with Crippen LogP contribution in [0, 0.1) is 5.92 Å². The molecule has 2 aromatic rings. The zero-order valence-corrected chi connectivity index (χ0v) is 13.8. The lowest BCUT2D eigenvalue weighted by atomic mass is 9.98. The molecule has 0 aliphatic heterocycles. The van der Waals surface area contributed by atoms with Gasteiger partial charge in [0.15, 0.2) is 0 Å². The molecule has 122 valence electrons. The van der Waals surface area contributed by atoms with E-state index in [1.807, 2.05) is 56.3 Å². The monoisotopic (exact) mass is 313 g/mol. The van der Waals surface area contributed by atoms with Crippen molar-refractivity contribution in [1.82, 2.24) is 5.32 Å². The minimum atomic E-state index is -0.599. The molecule has 1 N–H and O–H groups in total. The van der Waals surface area contributed by atoms with Crippen molar-refractivity contribution in [2.45, 2.75) is 32.7 Å². The fourth-order valence-corrected chi connectivity index (χ4v) is 2.55. The Morgan fingerprint density at radius 1 is 1.13 bits per heavy atom. The van der Waals surface area contributed by atoms with Crippen molar-refractivity contribution < 1.29 is 14.3 Å². The van der Waals surface area contributed by atoms with Crippen molar-refractivity contribution in [3.8, 4) is 0 Å². The average molecular weight is 313 g/mol. The number of rotatable bonds is 6. The zero-order valence-electron chi connectivity index (χ0n) is 13.8. The second kappa shape index (κ2) is 7.77. The Morgan fingerprint density at radius 3 is 2.48 bits per heavy atom. The third-order valence-electron chi connectivity index (χ3n) is 4.16. The first-order valence-corrected chi connectivity index (χ1v) is 7.90. The van der Waals surface area contributed by atoms with Crippen LogP contribution in [-0.2, 0) is 20.7 Å². The van der Waals surface area contributed by atoms with Crippen LogP contribution in [0.25, 0.3) is 10.8 Å². The maximum Gasteiger partial charge on any atom is 0.328 e. The summed E-state index contributed by atoms with van der Waals surface area (Å²) in [5.74, 6) is -0.537. The lowest BCUT2D eigenvalue weighted by Gasteiger charge is -2.21. The highest BCUT2D eigenvalue weighted by molar-refractivity contribution is 5.88. The maximum absolute atomic E-state index is 12.3. The van der Waals surface area contributed by atoms with Crippen molar-refractivity contribution in [3.63, 3.8) is 0 Å². The number of ether oxygens (including phenoxy) is 1. The van der Waals surface area contributed by atoms with E-state index >= 15 is 0 Å². The van der Waals surface area contributed by atoms with E-state index in [0.29, 0.717) is 0 Å². The minimum Gasteiger partial charge on any atom is -0.467 e. The van der Waals surface area contributed by atoms with Crippen LogP contribution in [0.4, 0.5) is 0 Å². The van der Waals surface area contributed by atoms with E-state index < -0.39 is 12.0 Å². The van der Waals surface area contributed by atoms with Gasteiger partial charge in [-0.15, -0.1) is 0 Å². The number of carbonyl (C=O) groups excluding carboxylic acids is 2. The van der Waals surface area contributed by atoms with E-state index in [1.54, 1.807) is 0 Å². The number of esters is 1. The predicted molar refractivity (Wildman–Crippen MR) is 91.1 cm³/mol. The highest BCUT2D eigenvalue weighted by Gasteiger charge is 2.26. The quantitative estimate of drug-likeness (QED) is 0.834. The second-order valence-corrected chi connectivity index (χ2v) is 5.81. The van der Waals surface area contributed by atoms with Gasteiger partial charge in [-0.1, -0.05) is 62.7 Å². The first-order valence-electron chi connectivity index (χ1n) is 7.90. The third kappa shape index (κ3) is 4.31. The van der Waals surface area contributed by atoms with E-state index in [-0.39, 0.29) is 18.2 Å². The molecule has 0 aromatic heterocycles. The maximum atomic E-state index is 12.3. The van der Waals surface area contributed by atoms with Gasteiger partial charge in [-0.05, 0) is 22.3 Å². The number of amides is 1. The summed E-state index contributed by atoms with van der Waals surface area (Å²) >= 11 is 0. The molecule has 0 fully saturated rings. The molecule has 2 atom stereocenters. The molecule has 0 radical (unpaired) electrons. The van der Waals surface area contributed by atoms with Crippen LogP contribution in [0.3, 0.4) is 0 Å². The van der Waals surface area contributed by atoms with Gasteiger partial charge in [0.2, 0.25) is 5.91 Å². The van der Waals surface area contributed by atoms with Gasteiger partial charge in [-0.25, -0.2) is 4.79 Å². The van der Waals surface area contributed by atoms with Crippen LogP contribution >= 0.6 is 0 Å². The van der Waals surface area contributed by atoms with E-state index in [1.165, 1.54) is 7.11 Å². The largest absolute Gasteiger partial charge is 0.467 e. The summed E-state index contributed by atoms with van der Waals surface area (Å²) in [5, 5.41) is 5.04. The summed E-state index contributed by atoms with van der Waals surface area (Å²) in [7, 11) is 1.34. The van der Waals surface area contributed by atoms with Gasteiger partial charge in [0, 0.05) is 0 Å². The Bertz CT molecular complexity index is 696. The molecule has 2 rings (SSSR count). The molecule has 0 aliphatic rings. The number of methoxy groups -OCH3 is 1. The smallest absolute Gasteiger partial charge is 0.328 e. The summed E-state index contributed by atoms with van der Waals surface area (Å²) < 4.78 is 4.79. The molecule has 2 aromatic carbocycles. The minimum absolute atomic E-state index is 0.0306.